The van der Waals surface area contributed by atoms with E-state index in [1.807, 2.05) is 9.13 Å². The number of piperidine rings is 2. The molecule has 0 atom stereocenters. The number of imidazole rings is 2. The predicted molar refractivity (Wildman–Crippen MR) is 162 cm³/mol. The van der Waals surface area contributed by atoms with E-state index in [4.69, 9.17) is 9.97 Å². The Morgan fingerprint density at radius 1 is 0.690 bits per heavy atom. The zero-order chi connectivity index (χ0) is 29.9. The van der Waals surface area contributed by atoms with Crippen LogP contribution in [0.2, 0.25) is 0 Å². The van der Waals surface area contributed by atoms with Gasteiger partial charge in [-0.05, 0) is 43.4 Å². The zero-order valence-electron chi connectivity index (χ0n) is 25.0. The largest absolute Gasteiger partial charge is 0.342 e. The summed E-state index contributed by atoms with van der Waals surface area (Å²) in [6.07, 6.45) is 4.09. The molecule has 2 N–H and O–H groups in total. The van der Waals surface area contributed by atoms with Gasteiger partial charge >= 0.3 is 11.4 Å². The van der Waals surface area contributed by atoms with Crippen LogP contribution in [0.15, 0.2) is 19.2 Å². The molecule has 0 spiro atoms. The molecule has 0 unspecified atom stereocenters. The van der Waals surface area contributed by atoms with Crippen molar-refractivity contribution in [1.82, 2.24) is 38.2 Å². The smallest absolute Gasteiger partial charge is 0.329 e. The molecule has 0 radical (unpaired) electrons. The quantitative estimate of drug-likeness (QED) is 0.342. The van der Waals surface area contributed by atoms with Crippen molar-refractivity contribution in [3.63, 3.8) is 0 Å². The lowest BCUT2D eigenvalue weighted by Crippen LogP contribution is -2.36. The third kappa shape index (κ3) is 4.75. The molecule has 0 amide bonds. The maximum absolute atomic E-state index is 13.1. The Kier molecular flexibility index (Phi) is 7.09. The molecule has 42 heavy (non-hydrogen) atoms. The van der Waals surface area contributed by atoms with Crippen molar-refractivity contribution in [3.8, 4) is 0 Å². The molecule has 14 heteroatoms. The fourth-order valence-corrected chi connectivity index (χ4v) is 6.37. The topological polar surface area (TPSA) is 152 Å². The van der Waals surface area contributed by atoms with Gasteiger partial charge in [-0.1, -0.05) is 20.8 Å². The average Bonchev–Trinajstić information content (AvgIpc) is 3.51. The highest BCUT2D eigenvalue weighted by Crippen LogP contribution is 2.29. The molecule has 2 aliphatic rings. The number of aryl methyl sites for hydroxylation is 2. The van der Waals surface area contributed by atoms with Gasteiger partial charge in [0, 0.05) is 53.4 Å². The van der Waals surface area contributed by atoms with Gasteiger partial charge in [-0.25, -0.2) is 9.59 Å². The molecule has 2 fully saturated rings. The number of fused-ring (bicyclic) bond motifs is 2. The second-order valence-electron chi connectivity index (χ2n) is 12.5. The lowest BCUT2D eigenvalue weighted by atomic mass is 9.99. The molecule has 4 aromatic rings. The van der Waals surface area contributed by atoms with Crippen molar-refractivity contribution in [2.24, 2.45) is 31.8 Å². The van der Waals surface area contributed by atoms with Gasteiger partial charge in [0.2, 0.25) is 11.9 Å². The normalized spacial score (nSPS) is 17.4. The molecule has 2 saturated heterocycles. The Labute approximate surface area is 241 Å². The highest BCUT2D eigenvalue weighted by atomic mass is 16.2. The lowest BCUT2D eigenvalue weighted by molar-refractivity contribution is 0.401. The molecule has 6 rings (SSSR count). The Hall–Kier alpha value is -4.10. The molecule has 0 aromatic carbocycles. The summed E-state index contributed by atoms with van der Waals surface area (Å²) < 4.78 is 6.62. The summed E-state index contributed by atoms with van der Waals surface area (Å²) in [6.45, 7) is 10.7. The molecule has 6 heterocycles. The highest BCUT2D eigenvalue weighted by Gasteiger charge is 2.28. The van der Waals surface area contributed by atoms with Gasteiger partial charge < -0.3 is 18.9 Å². The van der Waals surface area contributed by atoms with E-state index in [1.165, 1.54) is 9.13 Å². The summed E-state index contributed by atoms with van der Waals surface area (Å²) in [7, 11) is 3.23. The van der Waals surface area contributed by atoms with Crippen LogP contribution in [-0.2, 0) is 27.2 Å². The first-order valence-corrected chi connectivity index (χ1v) is 14.9. The maximum Gasteiger partial charge on any atom is 0.329 e. The van der Waals surface area contributed by atoms with Crippen molar-refractivity contribution in [2.75, 3.05) is 36.0 Å². The van der Waals surface area contributed by atoms with Crippen molar-refractivity contribution in [1.29, 1.82) is 0 Å². The van der Waals surface area contributed by atoms with E-state index < -0.39 is 22.5 Å². The van der Waals surface area contributed by atoms with E-state index >= 15 is 0 Å². The minimum atomic E-state index is -0.501. The monoisotopic (exact) mass is 580 g/mol. The number of aromatic amines is 2. The molecular formula is C28H40N10O4. The minimum absolute atomic E-state index is 0.0713. The van der Waals surface area contributed by atoms with Crippen molar-refractivity contribution < 1.29 is 0 Å². The number of hydrogen-bond acceptors (Lipinski definition) is 8. The molecule has 4 aromatic heterocycles. The van der Waals surface area contributed by atoms with Gasteiger partial charge in [-0.2, -0.15) is 9.97 Å². The number of aromatic nitrogens is 8. The fourth-order valence-electron chi connectivity index (χ4n) is 6.37. The van der Waals surface area contributed by atoms with Crippen LogP contribution in [0.3, 0.4) is 0 Å². The summed E-state index contributed by atoms with van der Waals surface area (Å²) >= 11 is 0. The second kappa shape index (κ2) is 10.6. The molecule has 0 aliphatic carbocycles. The Morgan fingerprint density at radius 2 is 1.05 bits per heavy atom. The van der Waals surface area contributed by atoms with Gasteiger partial charge in [0.05, 0.1) is 0 Å². The molecule has 0 bridgehead atoms. The van der Waals surface area contributed by atoms with Gasteiger partial charge in [-0.3, -0.25) is 28.7 Å². The molecule has 14 nitrogen and oxygen atoms in total. The van der Waals surface area contributed by atoms with Crippen LogP contribution < -0.4 is 32.3 Å². The van der Waals surface area contributed by atoms with Gasteiger partial charge in [-0.15, -0.1) is 0 Å². The van der Waals surface area contributed by atoms with Crippen molar-refractivity contribution >= 4 is 34.2 Å². The number of H-pyrrole nitrogens is 2. The van der Waals surface area contributed by atoms with Crippen LogP contribution in [-0.4, -0.2) is 64.4 Å². The maximum atomic E-state index is 13.1. The third-order valence-electron chi connectivity index (χ3n) is 9.10. The summed E-state index contributed by atoms with van der Waals surface area (Å²) in [5, 5.41) is 0. The van der Waals surface area contributed by atoms with E-state index in [0.717, 1.165) is 51.9 Å². The van der Waals surface area contributed by atoms with Crippen LogP contribution in [0.4, 0.5) is 11.9 Å². The van der Waals surface area contributed by atoms with Crippen molar-refractivity contribution in [3.05, 3.63) is 41.7 Å². The van der Waals surface area contributed by atoms with Gasteiger partial charge in [0.1, 0.15) is 0 Å². The van der Waals surface area contributed by atoms with E-state index in [1.54, 1.807) is 14.1 Å². The summed E-state index contributed by atoms with van der Waals surface area (Å²) in [5.41, 5.74) is -0.505. The summed E-state index contributed by atoms with van der Waals surface area (Å²) in [6, 6.07) is 0. The molecule has 226 valence electrons. The van der Waals surface area contributed by atoms with Crippen LogP contribution in [0.25, 0.3) is 22.3 Å². The van der Waals surface area contributed by atoms with Crippen LogP contribution >= 0.6 is 0 Å². The van der Waals surface area contributed by atoms with E-state index in [-0.39, 0.29) is 5.92 Å². The van der Waals surface area contributed by atoms with Gasteiger partial charge in [0.25, 0.3) is 11.1 Å². The highest BCUT2D eigenvalue weighted by molar-refractivity contribution is 5.75. The SMILES string of the molecule is CC1CCN(c2nc3c(c(=O)[nH]c(=O)n3C)n2CC(C)Cn2c(N3CCC(C)CC3)nc3c2c(=O)[nH]c(=O)n3C)CC1. The minimum Gasteiger partial charge on any atom is -0.342 e. The Bertz CT molecular complexity index is 1740. The average molecular weight is 581 g/mol. The number of hydrogen-bond donors (Lipinski definition) is 2. The number of nitrogens with one attached hydrogen (secondary N) is 2. The Morgan fingerprint density at radius 3 is 1.40 bits per heavy atom. The standard InChI is InChI=1S/C28H40N10O4/c1-16-6-10-35(11-7-16)25-29-21-19(23(39)31-27(41)33(21)4)37(25)14-18(3)15-38-20-22(34(5)28(42)32-24(20)40)30-26(38)36-12-8-17(2)9-13-36/h16-18H,6-15H2,1-5H3,(H,31,39,41)(H,32,40,42). The van der Waals surface area contributed by atoms with Gasteiger partial charge in [0.15, 0.2) is 22.3 Å². The second-order valence-corrected chi connectivity index (χ2v) is 12.5. The fraction of sp³-hybridized carbons (Fsp3) is 0.643. The van der Waals surface area contributed by atoms with Crippen LogP contribution in [0.5, 0.6) is 0 Å². The van der Waals surface area contributed by atoms with Crippen molar-refractivity contribution in [2.45, 2.75) is 59.5 Å². The van der Waals surface area contributed by atoms with Crippen LogP contribution in [0, 0.1) is 17.8 Å². The first-order chi connectivity index (χ1) is 20.0. The van der Waals surface area contributed by atoms with Crippen LogP contribution in [0.1, 0.15) is 46.5 Å². The predicted octanol–water partition coefficient (Wildman–Crippen LogP) is 0.969. The first-order valence-electron chi connectivity index (χ1n) is 14.9. The number of rotatable bonds is 6. The Balaban J connectivity index is 1.43. The number of anilines is 2. The summed E-state index contributed by atoms with van der Waals surface area (Å²) in [4.78, 5) is 70.1. The molecular weight excluding hydrogens is 540 g/mol. The lowest BCUT2D eigenvalue weighted by Gasteiger charge is -2.32. The summed E-state index contributed by atoms with van der Waals surface area (Å²) in [5.74, 6) is 2.52. The van der Waals surface area contributed by atoms with E-state index in [2.05, 4.69) is 40.5 Å². The van der Waals surface area contributed by atoms with E-state index in [9.17, 15) is 19.2 Å². The van der Waals surface area contributed by atoms with E-state index in [0.29, 0.717) is 59.1 Å². The third-order valence-corrected chi connectivity index (χ3v) is 9.10. The molecule has 2 aliphatic heterocycles. The number of nitrogens with zero attached hydrogens (tertiary/aromatic N) is 8. The zero-order valence-corrected chi connectivity index (χ0v) is 25.0. The molecule has 0 saturated carbocycles. The first kappa shape index (κ1) is 28.0.